The normalized spacial score (nSPS) is 11.3. The van der Waals surface area contributed by atoms with E-state index in [0.717, 1.165) is 11.1 Å². The molecule has 31 heavy (non-hydrogen) atoms. The number of nitrogens with one attached hydrogen (secondary N) is 1. The summed E-state index contributed by atoms with van der Waals surface area (Å²) in [5.41, 5.74) is 1.64. The fraction of sp³-hybridized carbons (Fsp3) is 0.391. The van der Waals surface area contributed by atoms with E-state index in [1.54, 1.807) is 49.5 Å². The Morgan fingerprint density at radius 3 is 2.48 bits per heavy atom. The average molecular weight is 428 g/mol. The summed E-state index contributed by atoms with van der Waals surface area (Å²) < 4.78 is 10.2. The predicted molar refractivity (Wildman–Crippen MR) is 115 cm³/mol. The number of hydrogen-bond donors (Lipinski definition) is 1. The molecule has 1 heterocycles. The molecule has 1 unspecified atom stereocenters. The lowest BCUT2D eigenvalue weighted by atomic mass is 10.0. The van der Waals surface area contributed by atoms with Crippen LogP contribution in [-0.2, 0) is 25.7 Å². The first-order valence-electron chi connectivity index (χ1n) is 10.2. The third kappa shape index (κ3) is 8.08. The van der Waals surface area contributed by atoms with Crippen molar-refractivity contribution in [1.29, 1.82) is 0 Å². The molecule has 8 nitrogen and oxygen atoms in total. The molecule has 0 aliphatic heterocycles. The van der Waals surface area contributed by atoms with E-state index in [9.17, 15) is 14.4 Å². The van der Waals surface area contributed by atoms with Gasteiger partial charge < -0.3 is 19.7 Å². The Morgan fingerprint density at radius 2 is 1.90 bits per heavy atom. The minimum Gasteiger partial charge on any atom is -0.497 e. The van der Waals surface area contributed by atoms with Gasteiger partial charge in [-0.05, 0) is 36.2 Å². The van der Waals surface area contributed by atoms with Crippen LogP contribution < -0.4 is 10.1 Å². The van der Waals surface area contributed by atoms with E-state index < -0.39 is 6.04 Å². The molecule has 0 saturated heterocycles. The number of amides is 2. The monoisotopic (exact) mass is 427 g/mol. The molecule has 1 N–H and O–H groups in total. The lowest BCUT2D eigenvalue weighted by Crippen LogP contribution is -2.37. The molecule has 0 bridgehead atoms. The number of hydrogen-bond acceptors (Lipinski definition) is 6. The first kappa shape index (κ1) is 23.9. The van der Waals surface area contributed by atoms with Gasteiger partial charge in [-0.2, -0.15) is 0 Å². The van der Waals surface area contributed by atoms with Gasteiger partial charge in [0.25, 0.3) is 0 Å². The van der Waals surface area contributed by atoms with Crippen molar-refractivity contribution in [3.05, 3.63) is 59.9 Å². The van der Waals surface area contributed by atoms with Crippen LogP contribution in [0.4, 0.5) is 0 Å². The Bertz CT molecular complexity index is 855. The summed E-state index contributed by atoms with van der Waals surface area (Å²) in [4.78, 5) is 42.4. The molecule has 2 aromatic rings. The summed E-state index contributed by atoms with van der Waals surface area (Å²) in [6.07, 6.45) is 3.48. The van der Waals surface area contributed by atoms with Crippen molar-refractivity contribution in [2.45, 2.75) is 39.3 Å². The molecule has 0 spiro atoms. The number of pyridine rings is 1. The summed E-state index contributed by atoms with van der Waals surface area (Å²) in [6, 6.07) is 10.3. The van der Waals surface area contributed by atoms with Crippen LogP contribution in [0.5, 0.6) is 5.75 Å². The zero-order chi connectivity index (χ0) is 22.6. The number of carbonyl (C=O) groups excluding carboxylic acids is 3. The molecule has 2 rings (SSSR count). The summed E-state index contributed by atoms with van der Waals surface area (Å²) in [5.74, 6) is -0.106. The van der Waals surface area contributed by atoms with Crippen LogP contribution in [0.15, 0.2) is 48.8 Å². The Hall–Kier alpha value is -3.42. The van der Waals surface area contributed by atoms with Crippen LogP contribution in [0.1, 0.15) is 43.9 Å². The van der Waals surface area contributed by atoms with Gasteiger partial charge in [0.2, 0.25) is 11.8 Å². The number of benzene rings is 1. The smallest absolute Gasteiger partial charge is 0.307 e. The molecular formula is C23H29N3O5. The van der Waals surface area contributed by atoms with Gasteiger partial charge in [0.05, 0.1) is 32.6 Å². The van der Waals surface area contributed by atoms with Gasteiger partial charge in [-0.3, -0.25) is 19.4 Å². The number of esters is 1. The number of aromatic nitrogens is 1. The second-order valence-corrected chi connectivity index (χ2v) is 6.96. The zero-order valence-corrected chi connectivity index (χ0v) is 18.2. The van der Waals surface area contributed by atoms with Crippen LogP contribution in [0.25, 0.3) is 0 Å². The largest absolute Gasteiger partial charge is 0.497 e. The second-order valence-electron chi connectivity index (χ2n) is 6.96. The van der Waals surface area contributed by atoms with Crippen LogP contribution in [-0.4, -0.2) is 47.9 Å². The number of ether oxygens (including phenoxy) is 2. The van der Waals surface area contributed by atoms with Crippen molar-refractivity contribution >= 4 is 17.8 Å². The van der Waals surface area contributed by atoms with E-state index in [-0.39, 0.29) is 43.8 Å². The van der Waals surface area contributed by atoms with Gasteiger partial charge in [-0.15, -0.1) is 0 Å². The quantitative estimate of drug-likeness (QED) is 0.554. The van der Waals surface area contributed by atoms with E-state index in [4.69, 9.17) is 9.47 Å². The third-order valence-electron chi connectivity index (χ3n) is 4.61. The Labute approximate surface area is 182 Å². The Morgan fingerprint density at radius 1 is 1.16 bits per heavy atom. The summed E-state index contributed by atoms with van der Waals surface area (Å²) in [5, 5.41) is 2.84. The maximum atomic E-state index is 13.2. The molecule has 1 atom stereocenters. The van der Waals surface area contributed by atoms with Crippen molar-refractivity contribution in [2.24, 2.45) is 0 Å². The predicted octanol–water partition coefficient (Wildman–Crippen LogP) is 2.64. The number of rotatable bonds is 11. The maximum absolute atomic E-state index is 13.2. The fourth-order valence-electron chi connectivity index (χ4n) is 3.10. The highest BCUT2D eigenvalue weighted by molar-refractivity contribution is 5.80. The SMILES string of the molecule is CCOC(=O)CCN(Cc1cccnc1)C(=O)CC(NC(C)=O)c1ccc(OC)cc1. The standard InChI is InChI=1S/C23H29N3O5/c1-4-31-23(29)11-13-26(16-18-6-5-12-24-15-18)22(28)14-21(25-17(2)27)19-7-9-20(30-3)10-8-19/h5-10,12,15,21H,4,11,13-14,16H2,1-3H3,(H,25,27). The summed E-state index contributed by atoms with van der Waals surface area (Å²) in [6.45, 7) is 3.96. The van der Waals surface area contributed by atoms with Crippen LogP contribution in [0, 0.1) is 0 Å². The lowest BCUT2D eigenvalue weighted by Gasteiger charge is -2.26. The molecule has 0 saturated carbocycles. The molecule has 166 valence electrons. The molecular weight excluding hydrogens is 398 g/mol. The highest BCUT2D eigenvalue weighted by Gasteiger charge is 2.22. The van der Waals surface area contributed by atoms with E-state index in [0.29, 0.717) is 12.3 Å². The van der Waals surface area contributed by atoms with Gasteiger partial charge in [-0.1, -0.05) is 18.2 Å². The highest BCUT2D eigenvalue weighted by atomic mass is 16.5. The van der Waals surface area contributed by atoms with Gasteiger partial charge >= 0.3 is 5.97 Å². The molecule has 1 aromatic carbocycles. The van der Waals surface area contributed by atoms with E-state index in [1.165, 1.54) is 6.92 Å². The van der Waals surface area contributed by atoms with Crippen molar-refractivity contribution in [2.75, 3.05) is 20.3 Å². The highest BCUT2D eigenvalue weighted by Crippen LogP contribution is 2.22. The van der Waals surface area contributed by atoms with Gasteiger partial charge in [-0.25, -0.2) is 0 Å². The van der Waals surface area contributed by atoms with Crippen molar-refractivity contribution in [3.63, 3.8) is 0 Å². The van der Waals surface area contributed by atoms with Crippen LogP contribution in [0.3, 0.4) is 0 Å². The first-order chi connectivity index (χ1) is 14.9. The van der Waals surface area contributed by atoms with Gasteiger partial charge in [0, 0.05) is 32.4 Å². The molecule has 0 fully saturated rings. The molecule has 0 aliphatic carbocycles. The second kappa shape index (κ2) is 12.3. The molecule has 1 aromatic heterocycles. The first-order valence-corrected chi connectivity index (χ1v) is 10.2. The van der Waals surface area contributed by atoms with Gasteiger partial charge in [0.1, 0.15) is 5.75 Å². The Balaban J connectivity index is 2.17. The average Bonchev–Trinajstić information content (AvgIpc) is 2.76. The molecule has 0 aliphatic rings. The van der Waals surface area contributed by atoms with Crippen LogP contribution >= 0.6 is 0 Å². The third-order valence-corrected chi connectivity index (χ3v) is 4.61. The molecule has 0 radical (unpaired) electrons. The Kier molecular flexibility index (Phi) is 9.48. The summed E-state index contributed by atoms with van der Waals surface area (Å²) >= 11 is 0. The van der Waals surface area contributed by atoms with Crippen LogP contribution in [0.2, 0.25) is 0 Å². The summed E-state index contributed by atoms with van der Waals surface area (Å²) in [7, 11) is 1.57. The lowest BCUT2D eigenvalue weighted by molar-refractivity contribution is -0.144. The van der Waals surface area contributed by atoms with Crippen molar-refractivity contribution < 1.29 is 23.9 Å². The van der Waals surface area contributed by atoms with Crippen molar-refractivity contribution in [3.8, 4) is 5.75 Å². The van der Waals surface area contributed by atoms with E-state index in [1.807, 2.05) is 18.2 Å². The van der Waals surface area contributed by atoms with Crippen molar-refractivity contribution in [1.82, 2.24) is 15.2 Å². The molecule has 8 heteroatoms. The maximum Gasteiger partial charge on any atom is 0.307 e. The van der Waals surface area contributed by atoms with E-state index >= 15 is 0 Å². The zero-order valence-electron chi connectivity index (χ0n) is 18.2. The molecule has 2 amide bonds. The topological polar surface area (TPSA) is 97.8 Å². The number of carbonyl (C=O) groups is 3. The van der Waals surface area contributed by atoms with Gasteiger partial charge in [0.15, 0.2) is 0 Å². The fourth-order valence-corrected chi connectivity index (χ4v) is 3.10. The van der Waals surface area contributed by atoms with E-state index in [2.05, 4.69) is 10.3 Å². The minimum absolute atomic E-state index is 0.0506. The minimum atomic E-state index is -0.505. The number of nitrogens with zero attached hydrogens (tertiary/aromatic N) is 2. The number of methoxy groups -OCH3 is 1.